The zero-order valence-corrected chi connectivity index (χ0v) is 34.4. The van der Waals surface area contributed by atoms with Crippen LogP contribution in [0.4, 0.5) is 0 Å². The van der Waals surface area contributed by atoms with Crippen LogP contribution in [0.2, 0.25) is 0 Å². The van der Waals surface area contributed by atoms with Crippen molar-refractivity contribution in [3.8, 4) is 0 Å². The fraction of sp³-hybridized carbons (Fsp3) is 0.864. The molecule has 9 unspecified atom stereocenters. The Labute approximate surface area is 333 Å². The van der Waals surface area contributed by atoms with E-state index in [-0.39, 0.29) is 49.3 Å². The molecule has 0 saturated carbocycles. The minimum Gasteiger partial charge on any atom is -0.393 e. The van der Waals surface area contributed by atoms with Crippen molar-refractivity contribution in [3.63, 3.8) is 0 Å². The van der Waals surface area contributed by atoms with Crippen LogP contribution in [0.25, 0.3) is 0 Å². The Kier molecular flexibility index (Phi) is 13.0. The van der Waals surface area contributed by atoms with Crippen LogP contribution in [0.3, 0.4) is 0 Å². The van der Waals surface area contributed by atoms with Gasteiger partial charge < -0.3 is 58.7 Å². The fourth-order valence-corrected chi connectivity index (χ4v) is 10.6. The first-order valence-corrected chi connectivity index (χ1v) is 21.7. The molecule has 0 amide bonds. The Morgan fingerprint density at radius 2 is 1.73 bits per heavy atom. The second-order valence-corrected chi connectivity index (χ2v) is 18.9. The molecule has 12 nitrogen and oxygen atoms in total. The van der Waals surface area contributed by atoms with Crippen molar-refractivity contribution >= 4 is 0 Å². The van der Waals surface area contributed by atoms with Crippen molar-refractivity contribution in [2.24, 2.45) is 17.8 Å². The third kappa shape index (κ3) is 9.07. The second-order valence-electron chi connectivity index (χ2n) is 18.9. The van der Waals surface area contributed by atoms with Crippen molar-refractivity contribution < 1.29 is 58.7 Å². The Balaban J connectivity index is 0.919. The number of ether oxygens (including phenoxy) is 7. The predicted octanol–water partition coefficient (Wildman–Crippen LogP) is 5.12. The van der Waals surface area contributed by atoms with E-state index in [2.05, 4.69) is 39.5 Å². The number of hydrogen-bond acceptors (Lipinski definition) is 12. The molecule has 0 aromatic heterocycles. The van der Waals surface area contributed by atoms with Gasteiger partial charge in [-0.3, -0.25) is 0 Å². The number of aliphatic hydroxyl groups excluding tert-OH is 4. The highest BCUT2D eigenvalue weighted by molar-refractivity contribution is 5.20. The van der Waals surface area contributed by atoms with E-state index in [9.17, 15) is 25.5 Å². The van der Waals surface area contributed by atoms with Crippen LogP contribution < -0.4 is 0 Å². The largest absolute Gasteiger partial charge is 0.393 e. The first-order chi connectivity index (χ1) is 26.5. The van der Waals surface area contributed by atoms with E-state index in [0.29, 0.717) is 56.4 Å². The molecular formula is C44H70O12. The smallest absolute Gasteiger partial charge is 0.215 e. The molecule has 7 aliphatic rings. The molecule has 5 N–H and O–H groups in total. The van der Waals surface area contributed by atoms with Crippen LogP contribution in [0.1, 0.15) is 125 Å². The first-order valence-electron chi connectivity index (χ1n) is 21.7. The SMILES string of the molecule is C=C1C(O)[C@@H]2O[C@]3(CC[C@H](/C=C/C(C)[C@@H]4CC(C)=CC5(O[C@H](CC(C)(O)CO)CCC5O)O4)O3)CC[C@H]2O[C@@H]1C(O)CC(C)[C@H]1OC2(CCCCO2)CCC1C. The van der Waals surface area contributed by atoms with Gasteiger partial charge in [0.1, 0.15) is 24.4 Å². The maximum absolute atomic E-state index is 11.5. The van der Waals surface area contributed by atoms with Crippen molar-refractivity contribution in [3.05, 3.63) is 36.0 Å². The van der Waals surface area contributed by atoms with E-state index in [0.717, 1.165) is 50.7 Å². The Hall–Kier alpha value is -1.26. The number of hydrogen-bond donors (Lipinski definition) is 5. The minimum atomic E-state index is -1.31. The van der Waals surface area contributed by atoms with E-state index >= 15 is 0 Å². The molecule has 17 atom stereocenters. The summed E-state index contributed by atoms with van der Waals surface area (Å²) >= 11 is 0. The summed E-state index contributed by atoms with van der Waals surface area (Å²) in [6.07, 6.45) is 10.9. The van der Waals surface area contributed by atoms with Gasteiger partial charge in [0, 0.05) is 38.0 Å². The van der Waals surface area contributed by atoms with Crippen molar-refractivity contribution in [2.45, 2.75) is 209 Å². The quantitative estimate of drug-likeness (QED) is 0.186. The van der Waals surface area contributed by atoms with Gasteiger partial charge >= 0.3 is 0 Å². The van der Waals surface area contributed by atoms with Crippen molar-refractivity contribution in [2.75, 3.05) is 13.2 Å². The maximum Gasteiger partial charge on any atom is 0.215 e. The van der Waals surface area contributed by atoms with Gasteiger partial charge in [0.25, 0.3) is 0 Å². The summed E-state index contributed by atoms with van der Waals surface area (Å²) in [6, 6.07) is 0. The molecule has 7 aliphatic heterocycles. The molecule has 0 aliphatic carbocycles. The zero-order chi connectivity index (χ0) is 40.0. The van der Waals surface area contributed by atoms with Gasteiger partial charge in [-0.2, -0.15) is 0 Å². The molecule has 6 fully saturated rings. The van der Waals surface area contributed by atoms with Gasteiger partial charge in [0.15, 0.2) is 11.6 Å². The van der Waals surface area contributed by atoms with Gasteiger partial charge in [-0.15, -0.1) is 0 Å². The third-order valence-corrected chi connectivity index (χ3v) is 13.9. The van der Waals surface area contributed by atoms with Crippen LogP contribution >= 0.6 is 0 Å². The fourth-order valence-electron chi connectivity index (χ4n) is 10.6. The van der Waals surface area contributed by atoms with Crippen LogP contribution in [0, 0.1) is 17.8 Å². The average molecular weight is 791 g/mol. The highest BCUT2D eigenvalue weighted by Crippen LogP contribution is 2.47. The topological polar surface area (TPSA) is 166 Å². The summed E-state index contributed by atoms with van der Waals surface area (Å²) in [4.78, 5) is 0. The van der Waals surface area contributed by atoms with E-state index in [1.807, 2.05) is 13.0 Å². The summed E-state index contributed by atoms with van der Waals surface area (Å²) in [7, 11) is 0. The van der Waals surface area contributed by atoms with E-state index in [1.165, 1.54) is 0 Å². The zero-order valence-electron chi connectivity index (χ0n) is 34.4. The van der Waals surface area contributed by atoms with Gasteiger partial charge in [0.2, 0.25) is 5.79 Å². The molecule has 0 bridgehead atoms. The Morgan fingerprint density at radius 1 is 0.964 bits per heavy atom. The lowest BCUT2D eigenvalue weighted by atomic mass is 9.79. The molecule has 7 rings (SSSR count). The molecule has 6 saturated heterocycles. The maximum atomic E-state index is 11.5. The lowest BCUT2D eigenvalue weighted by Crippen LogP contribution is -2.60. The van der Waals surface area contributed by atoms with Crippen LogP contribution in [0.5, 0.6) is 0 Å². The summed E-state index contributed by atoms with van der Waals surface area (Å²) in [5.41, 5.74) is 0.213. The van der Waals surface area contributed by atoms with Crippen LogP contribution in [-0.4, -0.2) is 123 Å². The first kappa shape index (κ1) is 42.8. The van der Waals surface area contributed by atoms with Crippen LogP contribution in [-0.2, 0) is 33.2 Å². The molecule has 0 aromatic rings. The average Bonchev–Trinajstić information content (AvgIpc) is 3.56. The molecule has 3 spiro atoms. The third-order valence-electron chi connectivity index (χ3n) is 13.9. The van der Waals surface area contributed by atoms with Crippen molar-refractivity contribution in [1.29, 1.82) is 0 Å². The Morgan fingerprint density at radius 3 is 2.48 bits per heavy atom. The van der Waals surface area contributed by atoms with Crippen LogP contribution in [0.15, 0.2) is 36.0 Å². The molecular weight excluding hydrogens is 720 g/mol. The monoisotopic (exact) mass is 790 g/mol. The molecule has 56 heavy (non-hydrogen) atoms. The van der Waals surface area contributed by atoms with Gasteiger partial charge in [-0.1, -0.05) is 45.1 Å². The lowest BCUT2D eigenvalue weighted by Gasteiger charge is -2.50. The highest BCUT2D eigenvalue weighted by atomic mass is 16.7. The predicted molar refractivity (Wildman–Crippen MR) is 207 cm³/mol. The Bertz CT molecular complexity index is 1430. The normalized spacial score (nSPS) is 46.1. The van der Waals surface area contributed by atoms with Gasteiger partial charge in [-0.25, -0.2) is 0 Å². The molecule has 318 valence electrons. The van der Waals surface area contributed by atoms with Gasteiger partial charge in [-0.05, 0) is 95.1 Å². The molecule has 0 aromatic carbocycles. The minimum absolute atomic E-state index is 0.0263. The summed E-state index contributed by atoms with van der Waals surface area (Å²) in [5, 5.41) is 54.3. The summed E-state index contributed by atoms with van der Waals surface area (Å²) < 4.78 is 45.4. The molecule has 12 heteroatoms. The number of fused-ring (bicyclic) bond motifs is 1. The number of aliphatic hydroxyl groups is 5. The van der Waals surface area contributed by atoms with E-state index in [1.54, 1.807) is 6.92 Å². The number of rotatable bonds is 10. The second kappa shape index (κ2) is 17.0. The van der Waals surface area contributed by atoms with Crippen molar-refractivity contribution in [1.82, 2.24) is 0 Å². The lowest BCUT2D eigenvalue weighted by molar-refractivity contribution is -0.321. The highest BCUT2D eigenvalue weighted by Gasteiger charge is 2.55. The summed E-state index contributed by atoms with van der Waals surface area (Å²) in [5.74, 6) is -2.26. The van der Waals surface area contributed by atoms with Gasteiger partial charge in [0.05, 0.1) is 55.4 Å². The molecule has 0 radical (unpaired) electrons. The summed E-state index contributed by atoms with van der Waals surface area (Å²) in [6.45, 7) is 14.6. The van der Waals surface area contributed by atoms with E-state index < -0.39 is 59.6 Å². The van der Waals surface area contributed by atoms with E-state index in [4.69, 9.17) is 33.2 Å². The standard InChI is InChI=1S/C44H70O12/c1-26-21-35(54-44(23-26)36(47)12-11-32(53-44)24-41(6,49)25-45)27(2)9-10-31-14-18-43(52-31)19-15-34-40(56-43)37(48)30(5)39(51-34)33(46)22-29(4)38-28(3)13-17-42(55-38)16-7-8-20-50-42/h9-10,23,27-29,31-40,45-49H,5,7-8,11-22,24-25H2,1-4,6H3/b10-9+/t27?,28?,29?,31-,32-,33?,34+,35-,36?,37?,38-,39-,40+,41?,42?,43+,44?/m0/s1. The molecule has 7 heterocycles.